The molecule has 1 aromatic heterocycles. The molecule has 0 saturated heterocycles. The van der Waals surface area contributed by atoms with Crippen LogP contribution in [0.15, 0.2) is 71.8 Å². The predicted octanol–water partition coefficient (Wildman–Crippen LogP) is 6.65. The van der Waals surface area contributed by atoms with Gasteiger partial charge < -0.3 is 9.47 Å². The molecular formula is C27H24FNO3S. The number of ether oxygens (including phenoxy) is 2. The normalized spacial score (nSPS) is 10.9. The number of aromatic nitrogens is 1. The average molecular weight is 462 g/mol. The van der Waals surface area contributed by atoms with E-state index in [1.54, 1.807) is 12.1 Å². The van der Waals surface area contributed by atoms with Crippen molar-refractivity contribution >= 4 is 28.6 Å². The lowest BCUT2D eigenvalue weighted by Gasteiger charge is -2.17. The van der Waals surface area contributed by atoms with Gasteiger partial charge in [-0.1, -0.05) is 48.0 Å². The van der Waals surface area contributed by atoms with Gasteiger partial charge in [0.25, 0.3) is 0 Å². The number of fused-ring (bicyclic) bond motifs is 1. The molecule has 0 amide bonds. The van der Waals surface area contributed by atoms with Crippen LogP contribution < -0.4 is 4.74 Å². The number of methoxy groups -OCH3 is 1. The van der Waals surface area contributed by atoms with Gasteiger partial charge in [0.05, 0.1) is 12.6 Å². The second-order valence-corrected chi connectivity index (χ2v) is 8.73. The molecule has 0 saturated carbocycles. The zero-order chi connectivity index (χ0) is 23.4. The lowest BCUT2D eigenvalue weighted by Crippen LogP contribution is -2.10. The van der Waals surface area contributed by atoms with Crippen molar-refractivity contribution in [2.24, 2.45) is 0 Å². The Bertz CT molecular complexity index is 1310. The van der Waals surface area contributed by atoms with Crippen molar-refractivity contribution in [3.63, 3.8) is 0 Å². The van der Waals surface area contributed by atoms with E-state index in [2.05, 4.69) is 32.0 Å². The maximum atomic E-state index is 13.3. The molecule has 0 atom stereocenters. The third-order valence-electron chi connectivity index (χ3n) is 5.37. The Hall–Kier alpha value is -3.38. The summed E-state index contributed by atoms with van der Waals surface area (Å²) in [7, 11) is 1.35. The Morgan fingerprint density at radius 3 is 2.55 bits per heavy atom. The van der Waals surface area contributed by atoms with E-state index in [1.165, 1.54) is 47.7 Å². The summed E-state index contributed by atoms with van der Waals surface area (Å²) in [6, 6.07) is 19.9. The molecule has 0 spiro atoms. The Kier molecular flexibility index (Phi) is 6.94. The smallest absolute Gasteiger partial charge is 0.344 e. The Balaban J connectivity index is 1.76. The van der Waals surface area contributed by atoms with Crippen LogP contribution >= 0.6 is 11.8 Å². The summed E-state index contributed by atoms with van der Waals surface area (Å²) in [5.74, 6) is 0.250. The number of halogens is 1. The highest BCUT2D eigenvalue weighted by molar-refractivity contribution is 7.98. The first-order valence-corrected chi connectivity index (χ1v) is 11.5. The van der Waals surface area contributed by atoms with Gasteiger partial charge in [-0.2, -0.15) is 0 Å². The van der Waals surface area contributed by atoms with Crippen LogP contribution in [0.5, 0.6) is 5.75 Å². The molecule has 4 nitrogen and oxygen atoms in total. The second-order valence-electron chi connectivity index (χ2n) is 7.76. The maximum absolute atomic E-state index is 13.3. The summed E-state index contributed by atoms with van der Waals surface area (Å²) >= 11 is 1.48. The van der Waals surface area contributed by atoms with E-state index in [0.717, 1.165) is 16.5 Å². The van der Waals surface area contributed by atoms with Crippen molar-refractivity contribution < 1.29 is 18.7 Å². The van der Waals surface area contributed by atoms with Crippen LogP contribution in [0.1, 0.15) is 32.6 Å². The van der Waals surface area contributed by atoms with Crippen LogP contribution in [-0.2, 0) is 17.1 Å². The minimum atomic E-state index is -0.508. The number of aryl methyl sites for hydroxylation is 2. The fourth-order valence-corrected chi connectivity index (χ4v) is 4.62. The molecule has 0 aliphatic rings. The van der Waals surface area contributed by atoms with Crippen molar-refractivity contribution in [2.75, 3.05) is 7.11 Å². The Morgan fingerprint density at radius 1 is 1.03 bits per heavy atom. The summed E-state index contributed by atoms with van der Waals surface area (Å²) in [5, 5.41) is 1.27. The second kappa shape index (κ2) is 10.0. The quantitative estimate of drug-likeness (QED) is 0.228. The highest BCUT2D eigenvalue weighted by Crippen LogP contribution is 2.37. The standard InChI is InChI=1S/C27H24FNO3S/c1-17-8-9-18(2)20(14-17)16-33-26-24(27(30)31-3)25(22-6-4-5-7-23(22)29-26)32-15-19-10-12-21(28)13-11-19/h4-14H,15-16H2,1-3H3. The van der Waals surface area contributed by atoms with E-state index >= 15 is 0 Å². The number of carbonyl (C=O) groups is 1. The van der Waals surface area contributed by atoms with Gasteiger partial charge in [0.2, 0.25) is 0 Å². The highest BCUT2D eigenvalue weighted by Gasteiger charge is 2.24. The molecule has 0 fully saturated rings. The van der Waals surface area contributed by atoms with E-state index in [0.29, 0.717) is 22.1 Å². The molecule has 1 heterocycles. The first-order valence-electron chi connectivity index (χ1n) is 10.5. The first kappa shape index (κ1) is 22.8. The SMILES string of the molecule is COC(=O)c1c(SCc2cc(C)ccc2C)nc2ccccc2c1OCc1ccc(F)cc1. The Morgan fingerprint density at radius 2 is 1.79 bits per heavy atom. The van der Waals surface area contributed by atoms with Gasteiger partial charge in [0, 0.05) is 11.1 Å². The molecule has 0 aliphatic heterocycles. The van der Waals surface area contributed by atoms with Crippen LogP contribution in [0.25, 0.3) is 10.9 Å². The molecule has 33 heavy (non-hydrogen) atoms. The van der Waals surface area contributed by atoms with E-state index in [1.807, 2.05) is 24.3 Å². The van der Waals surface area contributed by atoms with Crippen molar-refractivity contribution in [2.45, 2.75) is 31.2 Å². The third kappa shape index (κ3) is 5.17. The van der Waals surface area contributed by atoms with E-state index in [-0.39, 0.29) is 12.4 Å². The number of benzene rings is 3. The summed E-state index contributed by atoms with van der Waals surface area (Å²) < 4.78 is 24.6. The van der Waals surface area contributed by atoms with Crippen LogP contribution in [-0.4, -0.2) is 18.1 Å². The highest BCUT2D eigenvalue weighted by atomic mass is 32.2. The van der Waals surface area contributed by atoms with Crippen LogP contribution in [0, 0.1) is 19.7 Å². The number of hydrogen-bond donors (Lipinski definition) is 0. The van der Waals surface area contributed by atoms with Crippen molar-refractivity contribution in [1.29, 1.82) is 0 Å². The van der Waals surface area contributed by atoms with E-state index in [4.69, 9.17) is 14.5 Å². The van der Waals surface area contributed by atoms with Crippen LogP contribution in [0.4, 0.5) is 4.39 Å². The zero-order valence-electron chi connectivity index (χ0n) is 18.7. The largest absolute Gasteiger partial charge is 0.487 e. The minimum Gasteiger partial charge on any atom is -0.487 e. The van der Waals surface area contributed by atoms with Gasteiger partial charge in [0.1, 0.15) is 28.8 Å². The summed E-state index contributed by atoms with van der Waals surface area (Å²) in [6.07, 6.45) is 0. The summed E-state index contributed by atoms with van der Waals surface area (Å²) in [6.45, 7) is 4.31. The number of nitrogens with zero attached hydrogens (tertiary/aromatic N) is 1. The number of hydrogen-bond acceptors (Lipinski definition) is 5. The number of esters is 1. The first-order chi connectivity index (χ1) is 16.0. The molecular weight excluding hydrogens is 437 g/mol. The van der Waals surface area contributed by atoms with Gasteiger partial charge in [-0.3, -0.25) is 0 Å². The summed E-state index contributed by atoms with van der Waals surface area (Å²) in [4.78, 5) is 17.7. The van der Waals surface area contributed by atoms with Crippen LogP contribution in [0.2, 0.25) is 0 Å². The number of pyridine rings is 1. The molecule has 0 bridgehead atoms. The molecule has 0 radical (unpaired) electrons. The average Bonchev–Trinajstić information content (AvgIpc) is 2.83. The van der Waals surface area contributed by atoms with Gasteiger partial charge >= 0.3 is 5.97 Å². The van der Waals surface area contributed by atoms with Gasteiger partial charge in [-0.05, 0) is 54.8 Å². The van der Waals surface area contributed by atoms with Crippen molar-refractivity contribution in [1.82, 2.24) is 4.98 Å². The third-order valence-corrected chi connectivity index (χ3v) is 6.39. The number of rotatable bonds is 7. The lowest BCUT2D eigenvalue weighted by atomic mass is 10.1. The van der Waals surface area contributed by atoms with E-state index in [9.17, 15) is 9.18 Å². The number of thioether (sulfide) groups is 1. The molecule has 3 aromatic carbocycles. The monoisotopic (exact) mass is 461 g/mol. The summed E-state index contributed by atoms with van der Waals surface area (Å²) in [5.41, 5.74) is 5.36. The zero-order valence-corrected chi connectivity index (χ0v) is 19.5. The molecule has 168 valence electrons. The van der Waals surface area contributed by atoms with Crippen molar-refractivity contribution in [3.8, 4) is 5.75 Å². The topological polar surface area (TPSA) is 48.4 Å². The fourth-order valence-electron chi connectivity index (χ4n) is 3.53. The van der Waals surface area contributed by atoms with Crippen molar-refractivity contribution in [3.05, 3.63) is 100 Å². The Labute approximate surface area is 196 Å². The molecule has 0 N–H and O–H groups in total. The fraction of sp³-hybridized carbons (Fsp3) is 0.185. The van der Waals surface area contributed by atoms with Gasteiger partial charge in [-0.25, -0.2) is 14.2 Å². The minimum absolute atomic E-state index is 0.180. The lowest BCUT2D eigenvalue weighted by molar-refractivity contribution is 0.0590. The van der Waals surface area contributed by atoms with E-state index < -0.39 is 5.97 Å². The molecule has 0 aliphatic carbocycles. The van der Waals surface area contributed by atoms with Gasteiger partial charge in [-0.15, -0.1) is 11.8 Å². The number of carbonyl (C=O) groups excluding carboxylic acids is 1. The van der Waals surface area contributed by atoms with Crippen LogP contribution in [0.3, 0.4) is 0 Å². The molecule has 4 aromatic rings. The maximum Gasteiger partial charge on any atom is 0.344 e. The predicted molar refractivity (Wildman–Crippen MR) is 129 cm³/mol. The molecule has 4 rings (SSSR count). The van der Waals surface area contributed by atoms with Gasteiger partial charge in [0.15, 0.2) is 0 Å². The molecule has 6 heteroatoms. The molecule has 0 unspecified atom stereocenters. The number of para-hydroxylation sites is 1.